The van der Waals surface area contributed by atoms with Crippen LogP contribution in [0, 0.1) is 5.82 Å². The van der Waals surface area contributed by atoms with E-state index in [0.717, 1.165) is 25.0 Å². The molecule has 9 heteroatoms. The maximum Gasteiger partial charge on any atom is 0.416 e. The Morgan fingerprint density at radius 3 is 2.68 bits per heavy atom. The first-order valence-electron chi connectivity index (χ1n) is 9.26. The lowest BCUT2D eigenvalue weighted by Crippen LogP contribution is -2.54. The van der Waals surface area contributed by atoms with Crippen molar-refractivity contribution in [3.8, 4) is 0 Å². The molecule has 1 aromatic rings. The summed E-state index contributed by atoms with van der Waals surface area (Å²) in [4.78, 5) is 25.1. The molecular formula is C19H22F4N2O3. The SMILES string of the molecule is O=C1CCCC(CCC(=O)N2CC(OCc3ccc(C(F)(F)F)cc3F)C2)N1. The molecule has 0 aromatic heterocycles. The van der Waals surface area contributed by atoms with Crippen LogP contribution in [-0.4, -0.2) is 41.9 Å². The van der Waals surface area contributed by atoms with Gasteiger partial charge in [-0.2, -0.15) is 13.2 Å². The Kier molecular flexibility index (Phi) is 6.22. The number of carbonyl (C=O) groups is 2. The molecule has 0 bridgehead atoms. The van der Waals surface area contributed by atoms with Crippen LogP contribution in [0.2, 0.25) is 0 Å². The molecule has 154 valence electrons. The third-order valence-electron chi connectivity index (χ3n) is 5.08. The monoisotopic (exact) mass is 402 g/mol. The van der Waals surface area contributed by atoms with Gasteiger partial charge < -0.3 is 15.0 Å². The molecular weight excluding hydrogens is 380 g/mol. The first-order chi connectivity index (χ1) is 13.2. The number of hydrogen-bond acceptors (Lipinski definition) is 3. The van der Waals surface area contributed by atoms with Crippen LogP contribution in [-0.2, 0) is 27.1 Å². The lowest BCUT2D eigenvalue weighted by atomic mass is 9.99. The minimum atomic E-state index is -4.59. The lowest BCUT2D eigenvalue weighted by molar-refractivity contribution is -0.146. The van der Waals surface area contributed by atoms with Gasteiger partial charge in [0.25, 0.3) is 0 Å². The fourth-order valence-corrected chi connectivity index (χ4v) is 3.35. The summed E-state index contributed by atoms with van der Waals surface area (Å²) in [6, 6.07) is 2.39. The van der Waals surface area contributed by atoms with Gasteiger partial charge in [-0.3, -0.25) is 9.59 Å². The van der Waals surface area contributed by atoms with Gasteiger partial charge in [0.05, 0.1) is 18.3 Å². The molecule has 2 heterocycles. The van der Waals surface area contributed by atoms with E-state index in [-0.39, 0.29) is 36.1 Å². The summed E-state index contributed by atoms with van der Waals surface area (Å²) in [5.74, 6) is -0.964. The summed E-state index contributed by atoms with van der Waals surface area (Å²) in [6.07, 6.45) is -1.66. The quantitative estimate of drug-likeness (QED) is 0.745. The molecule has 3 rings (SSSR count). The second-order valence-electron chi connectivity index (χ2n) is 7.23. The molecule has 2 saturated heterocycles. The van der Waals surface area contributed by atoms with Gasteiger partial charge in [0.15, 0.2) is 0 Å². The Labute approximate surface area is 160 Å². The molecule has 0 saturated carbocycles. The fourth-order valence-electron chi connectivity index (χ4n) is 3.35. The number of nitrogens with zero attached hydrogens (tertiary/aromatic N) is 1. The van der Waals surface area contributed by atoms with E-state index in [0.29, 0.717) is 38.4 Å². The summed E-state index contributed by atoms with van der Waals surface area (Å²) in [7, 11) is 0. The number of carbonyl (C=O) groups excluding carboxylic acids is 2. The standard InChI is InChI=1S/C19H22F4N2O3/c20-16-8-13(19(21,22)23)5-4-12(16)11-28-15-9-25(10-15)18(27)7-6-14-2-1-3-17(26)24-14/h4-5,8,14-15H,1-3,6-7,9-11H2,(H,24,26). The van der Waals surface area contributed by atoms with Gasteiger partial charge >= 0.3 is 6.18 Å². The summed E-state index contributed by atoms with van der Waals surface area (Å²) in [5, 5.41) is 2.87. The van der Waals surface area contributed by atoms with Crippen LogP contribution >= 0.6 is 0 Å². The van der Waals surface area contributed by atoms with Crippen LogP contribution in [0.4, 0.5) is 17.6 Å². The highest BCUT2D eigenvalue weighted by molar-refractivity contribution is 5.78. The van der Waals surface area contributed by atoms with E-state index in [9.17, 15) is 27.2 Å². The Hall–Kier alpha value is -2.16. The van der Waals surface area contributed by atoms with E-state index in [1.54, 1.807) is 4.90 Å². The highest BCUT2D eigenvalue weighted by Gasteiger charge is 2.33. The molecule has 2 amide bonds. The van der Waals surface area contributed by atoms with Crippen LogP contribution in [0.3, 0.4) is 0 Å². The molecule has 2 aliphatic heterocycles. The van der Waals surface area contributed by atoms with E-state index in [1.807, 2.05) is 0 Å². The van der Waals surface area contributed by atoms with Crippen LogP contribution in [0.25, 0.3) is 0 Å². The number of rotatable bonds is 6. The average Bonchev–Trinajstić information content (AvgIpc) is 2.59. The molecule has 1 aromatic carbocycles. The molecule has 28 heavy (non-hydrogen) atoms. The number of ether oxygens (including phenoxy) is 1. The van der Waals surface area contributed by atoms with Crippen molar-refractivity contribution in [1.82, 2.24) is 10.2 Å². The summed E-state index contributed by atoms with van der Waals surface area (Å²) in [6.45, 7) is 0.598. The van der Waals surface area contributed by atoms with Crippen molar-refractivity contribution in [1.29, 1.82) is 0 Å². The molecule has 1 unspecified atom stereocenters. The topological polar surface area (TPSA) is 58.6 Å². The van der Waals surface area contributed by atoms with Gasteiger partial charge in [-0.25, -0.2) is 4.39 Å². The highest BCUT2D eigenvalue weighted by Crippen LogP contribution is 2.30. The largest absolute Gasteiger partial charge is 0.416 e. The number of amides is 2. The van der Waals surface area contributed by atoms with Crippen molar-refractivity contribution in [3.63, 3.8) is 0 Å². The molecule has 2 aliphatic rings. The first kappa shape index (κ1) is 20.6. The Bertz CT molecular complexity index is 732. The summed E-state index contributed by atoms with van der Waals surface area (Å²) in [5.41, 5.74) is -0.992. The van der Waals surface area contributed by atoms with E-state index in [1.165, 1.54) is 0 Å². The number of alkyl halides is 3. The number of halogens is 4. The minimum Gasteiger partial charge on any atom is -0.370 e. The van der Waals surface area contributed by atoms with Gasteiger partial charge in [0.2, 0.25) is 11.8 Å². The van der Waals surface area contributed by atoms with Crippen molar-refractivity contribution in [3.05, 3.63) is 35.1 Å². The van der Waals surface area contributed by atoms with Gasteiger partial charge in [-0.1, -0.05) is 6.07 Å². The van der Waals surface area contributed by atoms with Crippen LogP contribution < -0.4 is 5.32 Å². The second kappa shape index (κ2) is 8.46. The van der Waals surface area contributed by atoms with E-state index < -0.39 is 17.6 Å². The zero-order valence-electron chi connectivity index (χ0n) is 15.2. The molecule has 0 spiro atoms. The van der Waals surface area contributed by atoms with Crippen molar-refractivity contribution < 1.29 is 31.9 Å². The van der Waals surface area contributed by atoms with Crippen molar-refractivity contribution >= 4 is 11.8 Å². The van der Waals surface area contributed by atoms with Crippen molar-refractivity contribution in [2.45, 2.75) is 57.0 Å². The normalized spacial score (nSPS) is 20.6. The van der Waals surface area contributed by atoms with Crippen molar-refractivity contribution in [2.75, 3.05) is 13.1 Å². The van der Waals surface area contributed by atoms with E-state index >= 15 is 0 Å². The first-order valence-corrected chi connectivity index (χ1v) is 9.26. The van der Waals surface area contributed by atoms with Crippen LogP contribution in [0.5, 0.6) is 0 Å². The third kappa shape index (κ3) is 5.21. The maximum absolute atomic E-state index is 13.8. The highest BCUT2D eigenvalue weighted by atomic mass is 19.4. The fraction of sp³-hybridized carbons (Fsp3) is 0.579. The predicted octanol–water partition coefficient (Wildman–Crippen LogP) is 3.02. The molecule has 5 nitrogen and oxygen atoms in total. The molecule has 0 aliphatic carbocycles. The summed E-state index contributed by atoms with van der Waals surface area (Å²) < 4.78 is 56.9. The van der Waals surface area contributed by atoms with E-state index in [4.69, 9.17) is 4.74 Å². The van der Waals surface area contributed by atoms with Crippen molar-refractivity contribution in [2.24, 2.45) is 0 Å². The van der Waals surface area contributed by atoms with Gasteiger partial charge in [-0.15, -0.1) is 0 Å². The number of likely N-dealkylation sites (tertiary alicyclic amines) is 1. The number of piperidine rings is 1. The summed E-state index contributed by atoms with van der Waals surface area (Å²) >= 11 is 0. The zero-order chi connectivity index (χ0) is 20.3. The number of hydrogen-bond donors (Lipinski definition) is 1. The molecule has 2 fully saturated rings. The molecule has 0 radical (unpaired) electrons. The predicted molar refractivity (Wildman–Crippen MR) is 91.6 cm³/mol. The molecule has 1 N–H and O–H groups in total. The lowest BCUT2D eigenvalue weighted by Gasteiger charge is -2.39. The maximum atomic E-state index is 13.8. The van der Waals surface area contributed by atoms with Gasteiger partial charge in [0.1, 0.15) is 5.82 Å². The van der Waals surface area contributed by atoms with Gasteiger partial charge in [-0.05, 0) is 31.4 Å². The number of benzene rings is 1. The average molecular weight is 402 g/mol. The Morgan fingerprint density at radius 1 is 1.29 bits per heavy atom. The third-order valence-corrected chi connectivity index (χ3v) is 5.08. The van der Waals surface area contributed by atoms with Gasteiger partial charge in [0, 0.05) is 37.5 Å². The Balaban J connectivity index is 1.37. The number of nitrogens with one attached hydrogen (secondary N) is 1. The zero-order valence-corrected chi connectivity index (χ0v) is 15.2. The Morgan fingerprint density at radius 2 is 2.04 bits per heavy atom. The minimum absolute atomic E-state index is 0.0246. The second-order valence-corrected chi connectivity index (χ2v) is 7.23. The van der Waals surface area contributed by atoms with E-state index in [2.05, 4.69) is 5.32 Å². The molecule has 1 atom stereocenters. The van der Waals surface area contributed by atoms with Crippen LogP contribution in [0.1, 0.15) is 43.2 Å². The van der Waals surface area contributed by atoms with Crippen LogP contribution in [0.15, 0.2) is 18.2 Å². The smallest absolute Gasteiger partial charge is 0.370 e.